The highest BCUT2D eigenvalue weighted by Crippen LogP contribution is 2.38. The van der Waals surface area contributed by atoms with E-state index in [0.29, 0.717) is 39.0 Å². The number of fused-ring (bicyclic) bond motifs is 1. The van der Waals surface area contributed by atoms with Crippen LogP contribution in [0.25, 0.3) is 11.3 Å². The SMILES string of the molecule is CCC(=O)N1CCC2(CC1)OCc1cc(-c3ccccn3)ccc1O2. The Bertz CT molecular complexity index is 768. The summed E-state index contributed by atoms with van der Waals surface area (Å²) in [6.45, 7) is 3.80. The topological polar surface area (TPSA) is 51.7 Å². The summed E-state index contributed by atoms with van der Waals surface area (Å²) in [5.74, 6) is 0.483. The summed E-state index contributed by atoms with van der Waals surface area (Å²) in [5, 5.41) is 0. The van der Waals surface area contributed by atoms with Crippen LogP contribution in [-0.2, 0) is 16.1 Å². The number of piperidine rings is 1. The molecule has 0 radical (unpaired) electrons. The third kappa shape index (κ3) is 3.12. The number of ether oxygens (including phenoxy) is 2. The fourth-order valence-electron chi connectivity index (χ4n) is 3.49. The van der Waals surface area contributed by atoms with E-state index in [9.17, 15) is 4.79 Å². The van der Waals surface area contributed by atoms with Crippen molar-refractivity contribution in [1.82, 2.24) is 9.88 Å². The summed E-state index contributed by atoms with van der Waals surface area (Å²) in [6.07, 6.45) is 3.76. The maximum Gasteiger partial charge on any atom is 0.222 e. The Labute approximate surface area is 147 Å². The molecule has 3 heterocycles. The lowest BCUT2D eigenvalue weighted by molar-refractivity contribution is -0.227. The monoisotopic (exact) mass is 338 g/mol. The number of aromatic nitrogens is 1. The van der Waals surface area contributed by atoms with Gasteiger partial charge in [-0.15, -0.1) is 0 Å². The van der Waals surface area contributed by atoms with Crippen molar-refractivity contribution in [3.05, 3.63) is 48.2 Å². The van der Waals surface area contributed by atoms with Crippen molar-refractivity contribution in [2.75, 3.05) is 13.1 Å². The minimum Gasteiger partial charge on any atom is -0.462 e. The molecule has 4 rings (SSSR count). The first kappa shape index (κ1) is 16.1. The van der Waals surface area contributed by atoms with Gasteiger partial charge < -0.3 is 14.4 Å². The zero-order chi connectivity index (χ0) is 17.3. The lowest BCUT2D eigenvalue weighted by atomic mass is 10.00. The molecule has 1 amide bonds. The van der Waals surface area contributed by atoms with Gasteiger partial charge in [-0.1, -0.05) is 13.0 Å². The average Bonchev–Trinajstić information content (AvgIpc) is 2.68. The molecule has 0 saturated carbocycles. The van der Waals surface area contributed by atoms with E-state index < -0.39 is 5.79 Å². The van der Waals surface area contributed by atoms with Crippen LogP contribution in [-0.4, -0.2) is 34.7 Å². The molecule has 1 spiro atoms. The summed E-state index contributed by atoms with van der Waals surface area (Å²) in [7, 11) is 0. The molecule has 5 nitrogen and oxygen atoms in total. The van der Waals surface area contributed by atoms with Crippen molar-refractivity contribution in [2.24, 2.45) is 0 Å². The van der Waals surface area contributed by atoms with E-state index in [1.54, 1.807) is 6.20 Å². The van der Waals surface area contributed by atoms with Crippen LogP contribution < -0.4 is 4.74 Å². The number of pyridine rings is 1. The standard InChI is InChI=1S/C20H22N2O3/c1-2-19(23)22-11-8-20(9-12-22)24-14-16-13-15(6-7-18(16)25-20)17-5-3-4-10-21-17/h3-7,10,13H,2,8-9,11-12,14H2,1H3. The normalized spacial score (nSPS) is 18.5. The predicted molar refractivity (Wildman–Crippen MR) is 93.9 cm³/mol. The van der Waals surface area contributed by atoms with Crippen LogP contribution in [0.15, 0.2) is 42.6 Å². The first-order chi connectivity index (χ1) is 12.2. The second kappa shape index (κ2) is 6.48. The number of hydrogen-bond acceptors (Lipinski definition) is 4. The largest absolute Gasteiger partial charge is 0.462 e. The number of benzene rings is 1. The zero-order valence-electron chi connectivity index (χ0n) is 14.4. The summed E-state index contributed by atoms with van der Waals surface area (Å²) >= 11 is 0. The molecule has 0 bridgehead atoms. The van der Waals surface area contributed by atoms with E-state index in [4.69, 9.17) is 9.47 Å². The van der Waals surface area contributed by atoms with Gasteiger partial charge in [0.25, 0.3) is 0 Å². The molecule has 0 unspecified atom stereocenters. The van der Waals surface area contributed by atoms with Crippen molar-refractivity contribution in [2.45, 2.75) is 38.6 Å². The molecule has 25 heavy (non-hydrogen) atoms. The summed E-state index contributed by atoms with van der Waals surface area (Å²) < 4.78 is 12.3. The first-order valence-corrected chi connectivity index (χ1v) is 8.84. The maximum atomic E-state index is 11.8. The van der Waals surface area contributed by atoms with Gasteiger partial charge in [0.1, 0.15) is 5.75 Å². The molecule has 2 aliphatic heterocycles. The second-order valence-corrected chi connectivity index (χ2v) is 6.57. The minimum absolute atomic E-state index is 0.200. The Kier molecular flexibility index (Phi) is 4.17. The Morgan fingerprint density at radius 3 is 2.80 bits per heavy atom. The molecule has 2 aromatic rings. The van der Waals surface area contributed by atoms with E-state index in [1.165, 1.54) is 0 Å². The highest BCUT2D eigenvalue weighted by atomic mass is 16.7. The van der Waals surface area contributed by atoms with Crippen LogP contribution in [0.4, 0.5) is 0 Å². The van der Waals surface area contributed by atoms with Crippen LogP contribution in [0.3, 0.4) is 0 Å². The Balaban J connectivity index is 1.50. The van der Waals surface area contributed by atoms with Crippen LogP contribution in [0.1, 0.15) is 31.7 Å². The van der Waals surface area contributed by atoms with E-state index in [0.717, 1.165) is 22.6 Å². The van der Waals surface area contributed by atoms with Gasteiger partial charge in [0.2, 0.25) is 11.7 Å². The van der Waals surface area contributed by atoms with Gasteiger partial charge in [0.05, 0.1) is 12.3 Å². The summed E-state index contributed by atoms with van der Waals surface area (Å²) in [5.41, 5.74) is 3.05. The predicted octanol–water partition coefficient (Wildman–Crippen LogP) is 3.39. The number of likely N-dealkylation sites (tertiary alicyclic amines) is 1. The molecule has 5 heteroatoms. The number of rotatable bonds is 2. The van der Waals surface area contributed by atoms with Gasteiger partial charge in [-0.2, -0.15) is 0 Å². The molecule has 0 N–H and O–H groups in total. The van der Waals surface area contributed by atoms with Crippen LogP contribution in [0, 0.1) is 0 Å². The van der Waals surface area contributed by atoms with Crippen LogP contribution in [0.5, 0.6) is 5.75 Å². The van der Waals surface area contributed by atoms with Gasteiger partial charge in [-0.05, 0) is 30.3 Å². The van der Waals surface area contributed by atoms with Gasteiger partial charge >= 0.3 is 0 Å². The van der Waals surface area contributed by atoms with Gasteiger partial charge in [-0.3, -0.25) is 9.78 Å². The molecule has 2 aliphatic rings. The quantitative estimate of drug-likeness (QED) is 0.842. The third-order valence-electron chi connectivity index (χ3n) is 4.99. The Morgan fingerprint density at radius 1 is 1.24 bits per heavy atom. The molecule has 0 atom stereocenters. The van der Waals surface area contributed by atoms with E-state index in [1.807, 2.05) is 42.2 Å². The van der Waals surface area contributed by atoms with Crippen molar-refractivity contribution >= 4 is 5.91 Å². The summed E-state index contributed by atoms with van der Waals surface area (Å²) in [6, 6.07) is 12.0. The molecule has 0 aliphatic carbocycles. The lowest BCUT2D eigenvalue weighted by Gasteiger charge is -2.44. The van der Waals surface area contributed by atoms with E-state index in [2.05, 4.69) is 11.1 Å². The second-order valence-electron chi connectivity index (χ2n) is 6.57. The number of carbonyl (C=O) groups excluding carboxylic acids is 1. The fourth-order valence-corrected chi connectivity index (χ4v) is 3.49. The van der Waals surface area contributed by atoms with E-state index in [-0.39, 0.29) is 5.91 Å². The van der Waals surface area contributed by atoms with Crippen molar-refractivity contribution < 1.29 is 14.3 Å². The molecule has 1 fully saturated rings. The lowest BCUT2D eigenvalue weighted by Crippen LogP contribution is -2.52. The number of amides is 1. The number of nitrogens with zero attached hydrogens (tertiary/aromatic N) is 2. The van der Waals surface area contributed by atoms with Crippen molar-refractivity contribution in [1.29, 1.82) is 0 Å². The molecule has 1 aromatic carbocycles. The average molecular weight is 338 g/mol. The number of carbonyl (C=O) groups is 1. The van der Waals surface area contributed by atoms with Crippen molar-refractivity contribution in [3.8, 4) is 17.0 Å². The first-order valence-electron chi connectivity index (χ1n) is 8.84. The highest BCUT2D eigenvalue weighted by Gasteiger charge is 2.41. The Hall–Kier alpha value is -2.40. The maximum absolute atomic E-state index is 11.8. The summed E-state index contributed by atoms with van der Waals surface area (Å²) in [4.78, 5) is 18.1. The third-order valence-corrected chi connectivity index (χ3v) is 4.99. The molecule has 1 saturated heterocycles. The molecular weight excluding hydrogens is 316 g/mol. The van der Waals surface area contributed by atoms with Gasteiger partial charge in [-0.25, -0.2) is 0 Å². The van der Waals surface area contributed by atoms with Gasteiger partial charge in [0, 0.05) is 49.7 Å². The highest BCUT2D eigenvalue weighted by molar-refractivity contribution is 5.75. The zero-order valence-corrected chi connectivity index (χ0v) is 14.4. The minimum atomic E-state index is -0.593. The molecular formula is C20H22N2O3. The van der Waals surface area contributed by atoms with Crippen LogP contribution in [0.2, 0.25) is 0 Å². The van der Waals surface area contributed by atoms with Crippen LogP contribution >= 0.6 is 0 Å². The molecule has 1 aromatic heterocycles. The smallest absolute Gasteiger partial charge is 0.222 e. The van der Waals surface area contributed by atoms with Gasteiger partial charge in [0.15, 0.2) is 0 Å². The van der Waals surface area contributed by atoms with E-state index >= 15 is 0 Å². The Morgan fingerprint density at radius 2 is 2.08 bits per heavy atom. The van der Waals surface area contributed by atoms with Crippen molar-refractivity contribution in [3.63, 3.8) is 0 Å². The fraction of sp³-hybridized carbons (Fsp3) is 0.400. The number of hydrogen-bond donors (Lipinski definition) is 0. The molecule has 130 valence electrons.